The lowest BCUT2D eigenvalue weighted by molar-refractivity contribution is -0.138. The number of carbonyl (C=O) groups is 2. The van der Waals surface area contributed by atoms with Crippen molar-refractivity contribution in [2.45, 2.75) is 50.5 Å². The molecule has 3 rings (SSSR count). The van der Waals surface area contributed by atoms with E-state index in [1.165, 1.54) is 25.1 Å². The van der Waals surface area contributed by atoms with Crippen molar-refractivity contribution in [3.8, 4) is 5.75 Å². The van der Waals surface area contributed by atoms with E-state index in [2.05, 4.69) is 15.6 Å². The number of carbonyl (C=O) groups excluding carboxylic acids is 2. The lowest BCUT2D eigenvalue weighted by Crippen LogP contribution is -2.48. The maximum absolute atomic E-state index is 13.6. The molecule has 0 fully saturated rings. The number of rotatable bonds is 5. The number of fused-ring (bicyclic) bond motifs is 1. The first-order valence-electron chi connectivity index (χ1n) is 10.8. The molecule has 0 saturated carbocycles. The van der Waals surface area contributed by atoms with Gasteiger partial charge in [0, 0.05) is 18.8 Å². The Balaban J connectivity index is 2.07. The molecule has 202 valence electrons. The van der Waals surface area contributed by atoms with E-state index in [-0.39, 0.29) is 23.7 Å². The maximum atomic E-state index is 13.6. The van der Waals surface area contributed by atoms with E-state index in [9.17, 15) is 31.2 Å². The molecule has 1 aromatic heterocycles. The number of nitrogens with zero attached hydrogens (tertiary/aromatic N) is 2. The number of alkyl halides is 3. The Morgan fingerprint density at radius 1 is 1.24 bits per heavy atom. The first-order valence-corrected chi connectivity index (χ1v) is 12.6. The second-order valence-corrected chi connectivity index (χ2v) is 11.2. The molecule has 1 atom stereocenters. The van der Waals surface area contributed by atoms with Gasteiger partial charge in [0.1, 0.15) is 27.5 Å². The molecule has 2 N–H and O–H groups in total. The topological polar surface area (TPSA) is 127 Å². The molecule has 0 spiro atoms. The van der Waals surface area contributed by atoms with E-state index in [1.54, 1.807) is 20.8 Å². The van der Waals surface area contributed by atoms with Crippen molar-refractivity contribution in [2.24, 2.45) is 0 Å². The van der Waals surface area contributed by atoms with Crippen molar-refractivity contribution >= 4 is 45.0 Å². The Morgan fingerprint density at radius 3 is 2.51 bits per heavy atom. The summed E-state index contributed by atoms with van der Waals surface area (Å²) in [5, 5.41) is 4.32. The van der Waals surface area contributed by atoms with Gasteiger partial charge < -0.3 is 14.8 Å². The van der Waals surface area contributed by atoms with E-state index in [1.807, 2.05) is 0 Å². The molecule has 37 heavy (non-hydrogen) atoms. The number of hydrogen-bond acceptors (Lipinski definition) is 7. The lowest BCUT2D eigenvalue weighted by atomic mass is 10.2. The van der Waals surface area contributed by atoms with E-state index in [0.29, 0.717) is 12.3 Å². The number of anilines is 2. The van der Waals surface area contributed by atoms with Gasteiger partial charge in [0.25, 0.3) is 10.0 Å². The number of pyridine rings is 1. The van der Waals surface area contributed by atoms with Crippen LogP contribution in [0.1, 0.15) is 33.3 Å². The Hall–Kier alpha value is -3.26. The highest BCUT2D eigenvalue weighted by Crippen LogP contribution is 2.41. The molecule has 0 radical (unpaired) electrons. The van der Waals surface area contributed by atoms with Crippen LogP contribution < -0.4 is 19.7 Å². The molecule has 15 heteroatoms. The van der Waals surface area contributed by atoms with Crippen molar-refractivity contribution < 1.29 is 40.7 Å². The number of nitrogens with one attached hydrogen (secondary N) is 2. The van der Waals surface area contributed by atoms with Crippen LogP contribution in [-0.4, -0.2) is 50.2 Å². The minimum absolute atomic E-state index is 0.0379. The van der Waals surface area contributed by atoms with Gasteiger partial charge in [-0.05, 0) is 45.0 Å². The molecule has 10 nitrogen and oxygen atoms in total. The second kappa shape index (κ2) is 10.2. The second-order valence-electron chi connectivity index (χ2n) is 9.03. The Labute approximate surface area is 216 Å². The molecular weight excluding hydrogens is 541 g/mol. The quantitative estimate of drug-likeness (QED) is 0.521. The highest BCUT2D eigenvalue weighted by atomic mass is 35.5. The SMILES string of the molecule is CC(=O)NCC1CN(S(=O)(=O)c2cc(C(F)(F)F)cnc2Cl)c2cc(NC(=O)OC(C)(C)C)ccc2O1. The predicted molar refractivity (Wildman–Crippen MR) is 128 cm³/mol. The number of halogens is 4. The normalized spacial score (nSPS) is 15.9. The summed E-state index contributed by atoms with van der Waals surface area (Å²) < 4.78 is 78.9. The van der Waals surface area contributed by atoms with Gasteiger partial charge in [-0.3, -0.25) is 14.4 Å². The Morgan fingerprint density at radius 2 is 1.92 bits per heavy atom. The molecule has 0 saturated heterocycles. The van der Waals surface area contributed by atoms with E-state index in [4.69, 9.17) is 21.1 Å². The van der Waals surface area contributed by atoms with Crippen LogP contribution in [0.2, 0.25) is 5.15 Å². The van der Waals surface area contributed by atoms with Crippen LogP contribution in [0.5, 0.6) is 5.75 Å². The number of aromatic nitrogens is 1. The monoisotopic (exact) mass is 564 g/mol. The number of hydrogen-bond donors (Lipinski definition) is 2. The Bertz CT molecular complexity index is 1310. The van der Waals surface area contributed by atoms with E-state index >= 15 is 0 Å². The number of ether oxygens (including phenoxy) is 2. The Kier molecular flexibility index (Phi) is 7.84. The molecule has 1 aromatic carbocycles. The van der Waals surface area contributed by atoms with Crippen LogP contribution in [0.4, 0.5) is 29.3 Å². The average Bonchev–Trinajstić information content (AvgIpc) is 2.75. The standard InChI is InChI=1S/C22H24ClF3N4O6S/c1-12(31)27-10-15-11-30(37(33,34)18-7-13(22(24,25)26)9-28-19(18)23)16-8-14(5-6-17(16)35-15)29-20(32)36-21(2,3)4/h5-9,15H,10-11H2,1-4H3,(H,27,31)(H,29,32). The van der Waals surface area contributed by atoms with Crippen molar-refractivity contribution in [1.29, 1.82) is 0 Å². The van der Waals surface area contributed by atoms with Crippen LogP contribution >= 0.6 is 11.6 Å². The smallest absolute Gasteiger partial charge is 0.417 e. The first kappa shape index (κ1) is 28.3. The van der Waals surface area contributed by atoms with Crippen molar-refractivity contribution in [3.63, 3.8) is 0 Å². The van der Waals surface area contributed by atoms with Crippen LogP contribution in [0, 0.1) is 0 Å². The lowest BCUT2D eigenvalue weighted by Gasteiger charge is -2.36. The summed E-state index contributed by atoms with van der Waals surface area (Å²) in [5.74, 6) is -0.359. The third-order valence-corrected chi connectivity index (χ3v) is 7.02. The van der Waals surface area contributed by atoms with Crippen LogP contribution in [0.15, 0.2) is 35.4 Å². The van der Waals surface area contributed by atoms with Gasteiger partial charge in [-0.1, -0.05) is 11.6 Å². The van der Waals surface area contributed by atoms with Crippen molar-refractivity contribution in [3.05, 3.63) is 41.2 Å². The van der Waals surface area contributed by atoms with Crippen LogP contribution in [0.25, 0.3) is 0 Å². The van der Waals surface area contributed by atoms with Gasteiger partial charge in [0.05, 0.1) is 24.3 Å². The molecule has 1 aliphatic rings. The van der Waals surface area contributed by atoms with Gasteiger partial charge in [-0.25, -0.2) is 18.2 Å². The van der Waals surface area contributed by atoms with Gasteiger partial charge >= 0.3 is 12.3 Å². The summed E-state index contributed by atoms with van der Waals surface area (Å²) in [6.45, 7) is 5.75. The third kappa shape index (κ3) is 6.95. The minimum atomic E-state index is -4.87. The molecular formula is C22H24ClF3N4O6S. The highest BCUT2D eigenvalue weighted by Gasteiger charge is 2.39. The largest absolute Gasteiger partial charge is 0.484 e. The molecule has 0 aliphatic carbocycles. The average molecular weight is 565 g/mol. The van der Waals surface area contributed by atoms with Crippen molar-refractivity contribution in [1.82, 2.24) is 10.3 Å². The maximum Gasteiger partial charge on any atom is 0.417 e. The zero-order valence-electron chi connectivity index (χ0n) is 20.1. The van der Waals surface area contributed by atoms with Crippen LogP contribution in [-0.2, 0) is 25.7 Å². The summed E-state index contributed by atoms with van der Waals surface area (Å²) in [5.41, 5.74) is -2.06. The van der Waals surface area contributed by atoms with Gasteiger partial charge in [0.15, 0.2) is 0 Å². The summed E-state index contributed by atoms with van der Waals surface area (Å²) in [6.07, 6.45) is -6.15. The fourth-order valence-corrected chi connectivity index (χ4v) is 5.22. The summed E-state index contributed by atoms with van der Waals surface area (Å²) in [4.78, 5) is 26.1. The molecule has 2 heterocycles. The summed E-state index contributed by atoms with van der Waals surface area (Å²) in [6, 6.07) is 4.45. The van der Waals surface area contributed by atoms with E-state index in [0.717, 1.165) is 4.31 Å². The zero-order valence-corrected chi connectivity index (χ0v) is 21.7. The van der Waals surface area contributed by atoms with Crippen LogP contribution in [0.3, 0.4) is 0 Å². The molecule has 2 aromatic rings. The fourth-order valence-electron chi connectivity index (χ4n) is 3.29. The van der Waals surface area contributed by atoms with Gasteiger partial charge in [-0.15, -0.1) is 0 Å². The van der Waals surface area contributed by atoms with E-state index < -0.39 is 62.1 Å². The minimum Gasteiger partial charge on any atom is -0.484 e. The fraction of sp³-hybridized carbons (Fsp3) is 0.409. The summed E-state index contributed by atoms with van der Waals surface area (Å²) in [7, 11) is -4.73. The number of benzene rings is 1. The molecule has 1 unspecified atom stereocenters. The third-order valence-electron chi connectivity index (χ3n) is 4.82. The highest BCUT2D eigenvalue weighted by molar-refractivity contribution is 7.93. The zero-order chi connectivity index (χ0) is 27.8. The molecule has 1 aliphatic heterocycles. The molecule has 0 bridgehead atoms. The molecule has 2 amide bonds. The predicted octanol–water partition coefficient (Wildman–Crippen LogP) is 4.19. The van der Waals surface area contributed by atoms with Crippen molar-refractivity contribution in [2.75, 3.05) is 22.7 Å². The van der Waals surface area contributed by atoms with Gasteiger partial charge in [-0.2, -0.15) is 13.2 Å². The first-order chi connectivity index (χ1) is 17.0. The van der Waals surface area contributed by atoms with Gasteiger partial charge in [0.2, 0.25) is 5.91 Å². The summed E-state index contributed by atoms with van der Waals surface area (Å²) >= 11 is 5.93. The number of amides is 2. The number of sulfonamides is 1.